The van der Waals surface area contributed by atoms with Crippen LogP contribution in [0.5, 0.6) is 0 Å². The molecule has 1 atom stereocenters. The van der Waals surface area contributed by atoms with E-state index in [9.17, 15) is 0 Å². The Morgan fingerprint density at radius 3 is 2.94 bits per heavy atom. The largest absolute Gasteiger partial charge is 0.297 e. The highest BCUT2D eigenvalue weighted by Gasteiger charge is 2.22. The highest BCUT2D eigenvalue weighted by molar-refractivity contribution is 6.18. The standard InChI is InChI=1S/C12H20ClN3/c1-10(2)16-6-4-12(14-16)9-15-5-3-11(7-13)8-15/h4,6,10-11H,3,5,7-9H2,1-2H3. The second-order valence-corrected chi connectivity index (χ2v) is 5.23. The van der Waals surface area contributed by atoms with E-state index in [1.165, 1.54) is 12.1 Å². The fourth-order valence-electron chi connectivity index (χ4n) is 2.16. The number of hydrogen-bond donors (Lipinski definition) is 0. The lowest BCUT2D eigenvalue weighted by atomic mass is 10.2. The first-order valence-electron chi connectivity index (χ1n) is 6.01. The molecule has 0 N–H and O–H groups in total. The van der Waals surface area contributed by atoms with Crippen LogP contribution in [-0.4, -0.2) is 33.6 Å². The summed E-state index contributed by atoms with van der Waals surface area (Å²) in [6.07, 6.45) is 3.30. The molecule has 0 aliphatic carbocycles. The normalized spacial score (nSPS) is 22.1. The maximum Gasteiger partial charge on any atom is 0.0764 e. The van der Waals surface area contributed by atoms with Crippen molar-refractivity contribution in [3.8, 4) is 0 Å². The lowest BCUT2D eigenvalue weighted by Gasteiger charge is -2.13. The second-order valence-electron chi connectivity index (χ2n) is 4.92. The molecule has 1 aliphatic rings. The van der Waals surface area contributed by atoms with Gasteiger partial charge in [-0.2, -0.15) is 5.10 Å². The third-order valence-corrected chi connectivity index (χ3v) is 3.60. The maximum absolute atomic E-state index is 5.88. The van der Waals surface area contributed by atoms with Gasteiger partial charge in [0.05, 0.1) is 5.69 Å². The summed E-state index contributed by atoms with van der Waals surface area (Å²) in [4.78, 5) is 2.44. The van der Waals surface area contributed by atoms with Crippen LogP contribution >= 0.6 is 11.6 Å². The summed E-state index contributed by atoms with van der Waals surface area (Å²) in [7, 11) is 0. The molecule has 16 heavy (non-hydrogen) atoms. The van der Waals surface area contributed by atoms with Gasteiger partial charge < -0.3 is 0 Å². The molecule has 0 radical (unpaired) electrons. The Kier molecular flexibility index (Phi) is 3.87. The predicted octanol–water partition coefficient (Wildman–Crippen LogP) is 2.52. The summed E-state index contributed by atoms with van der Waals surface area (Å²) in [5.74, 6) is 1.46. The predicted molar refractivity (Wildman–Crippen MR) is 66.7 cm³/mol. The Bertz CT molecular complexity index is 335. The van der Waals surface area contributed by atoms with Gasteiger partial charge in [0.2, 0.25) is 0 Å². The zero-order valence-electron chi connectivity index (χ0n) is 10.1. The van der Waals surface area contributed by atoms with Gasteiger partial charge in [-0.1, -0.05) is 0 Å². The van der Waals surface area contributed by atoms with Crippen molar-refractivity contribution >= 4 is 11.6 Å². The molecular weight excluding hydrogens is 222 g/mol. The number of rotatable bonds is 4. The van der Waals surface area contributed by atoms with Gasteiger partial charge in [-0.25, -0.2) is 0 Å². The van der Waals surface area contributed by atoms with Gasteiger partial charge >= 0.3 is 0 Å². The minimum absolute atomic E-state index is 0.447. The van der Waals surface area contributed by atoms with Crippen LogP contribution in [-0.2, 0) is 6.54 Å². The number of halogens is 1. The molecule has 2 rings (SSSR count). The van der Waals surface area contributed by atoms with E-state index in [-0.39, 0.29) is 0 Å². The highest BCUT2D eigenvalue weighted by Crippen LogP contribution is 2.19. The number of hydrogen-bond acceptors (Lipinski definition) is 2. The van der Waals surface area contributed by atoms with E-state index in [2.05, 4.69) is 36.1 Å². The fraction of sp³-hybridized carbons (Fsp3) is 0.750. The third kappa shape index (κ3) is 2.77. The van der Waals surface area contributed by atoms with Crippen LogP contribution in [0.3, 0.4) is 0 Å². The smallest absolute Gasteiger partial charge is 0.0764 e. The van der Waals surface area contributed by atoms with Crippen molar-refractivity contribution in [1.29, 1.82) is 0 Å². The Hall–Kier alpha value is -0.540. The van der Waals surface area contributed by atoms with Crippen LogP contribution in [0.15, 0.2) is 12.3 Å². The molecule has 3 nitrogen and oxygen atoms in total. The summed E-state index contributed by atoms with van der Waals surface area (Å²) < 4.78 is 2.02. The van der Waals surface area contributed by atoms with Crippen molar-refractivity contribution in [3.05, 3.63) is 18.0 Å². The van der Waals surface area contributed by atoms with Crippen molar-refractivity contribution in [3.63, 3.8) is 0 Å². The monoisotopic (exact) mass is 241 g/mol. The van der Waals surface area contributed by atoms with Crippen LogP contribution in [0.2, 0.25) is 0 Å². The molecule has 1 aliphatic heterocycles. The van der Waals surface area contributed by atoms with E-state index in [1.54, 1.807) is 0 Å². The molecule has 0 aromatic carbocycles. The minimum atomic E-state index is 0.447. The average Bonchev–Trinajstić information content (AvgIpc) is 2.87. The Morgan fingerprint density at radius 2 is 2.38 bits per heavy atom. The van der Waals surface area contributed by atoms with E-state index in [0.29, 0.717) is 12.0 Å². The van der Waals surface area contributed by atoms with Crippen molar-refractivity contribution in [2.75, 3.05) is 19.0 Å². The number of likely N-dealkylation sites (tertiary alicyclic amines) is 1. The fourth-order valence-corrected chi connectivity index (χ4v) is 2.41. The van der Waals surface area contributed by atoms with E-state index < -0.39 is 0 Å². The summed E-state index contributed by atoms with van der Waals surface area (Å²) >= 11 is 5.88. The molecule has 4 heteroatoms. The van der Waals surface area contributed by atoms with Gasteiger partial charge in [0.1, 0.15) is 0 Å². The molecule has 0 spiro atoms. The minimum Gasteiger partial charge on any atom is -0.297 e. The van der Waals surface area contributed by atoms with Crippen LogP contribution in [0, 0.1) is 5.92 Å². The molecule has 1 aromatic rings. The van der Waals surface area contributed by atoms with E-state index in [4.69, 9.17) is 11.6 Å². The van der Waals surface area contributed by atoms with Crippen LogP contribution in [0.1, 0.15) is 32.0 Å². The topological polar surface area (TPSA) is 21.1 Å². The SMILES string of the molecule is CC(C)n1ccc(CN2CCC(CCl)C2)n1. The van der Waals surface area contributed by atoms with Crippen LogP contribution < -0.4 is 0 Å². The van der Waals surface area contributed by atoms with E-state index in [1.807, 2.05) is 4.68 Å². The van der Waals surface area contributed by atoms with Gasteiger partial charge in [0.15, 0.2) is 0 Å². The van der Waals surface area contributed by atoms with Gasteiger partial charge in [0, 0.05) is 31.2 Å². The summed E-state index contributed by atoms with van der Waals surface area (Å²) in [6.45, 7) is 7.55. The summed E-state index contributed by atoms with van der Waals surface area (Å²) in [5.41, 5.74) is 1.17. The van der Waals surface area contributed by atoms with Crippen molar-refractivity contribution < 1.29 is 0 Å². The lowest BCUT2D eigenvalue weighted by molar-refractivity contribution is 0.314. The second kappa shape index (κ2) is 5.19. The van der Waals surface area contributed by atoms with Gasteiger partial charge in [-0.3, -0.25) is 9.58 Å². The van der Waals surface area contributed by atoms with Gasteiger partial charge in [0.25, 0.3) is 0 Å². The number of aromatic nitrogens is 2. The molecule has 1 saturated heterocycles. The van der Waals surface area contributed by atoms with E-state index >= 15 is 0 Å². The molecule has 90 valence electrons. The van der Waals surface area contributed by atoms with Crippen LogP contribution in [0.25, 0.3) is 0 Å². The van der Waals surface area contributed by atoms with Crippen molar-refractivity contribution in [1.82, 2.24) is 14.7 Å². The summed E-state index contributed by atoms with van der Waals surface area (Å²) in [6, 6.07) is 2.57. The third-order valence-electron chi connectivity index (χ3n) is 3.17. The van der Waals surface area contributed by atoms with Crippen molar-refractivity contribution in [2.24, 2.45) is 5.92 Å². The molecule has 1 unspecified atom stereocenters. The first-order chi connectivity index (χ1) is 7.69. The first kappa shape index (κ1) is 11.9. The zero-order valence-corrected chi connectivity index (χ0v) is 10.8. The molecule has 0 saturated carbocycles. The van der Waals surface area contributed by atoms with Gasteiger partial charge in [-0.15, -0.1) is 11.6 Å². The Labute approximate surface area is 102 Å². The molecule has 0 bridgehead atoms. The van der Waals surface area contributed by atoms with Gasteiger partial charge in [-0.05, 0) is 38.8 Å². The Balaban J connectivity index is 1.89. The van der Waals surface area contributed by atoms with Crippen LogP contribution in [0.4, 0.5) is 0 Å². The first-order valence-corrected chi connectivity index (χ1v) is 6.55. The number of nitrogens with zero attached hydrogens (tertiary/aromatic N) is 3. The average molecular weight is 242 g/mol. The van der Waals surface area contributed by atoms with Crippen molar-refractivity contribution in [2.45, 2.75) is 32.9 Å². The Morgan fingerprint density at radius 1 is 1.56 bits per heavy atom. The summed E-state index contributed by atoms with van der Waals surface area (Å²) in [5, 5.41) is 4.57. The quantitative estimate of drug-likeness (QED) is 0.756. The highest BCUT2D eigenvalue weighted by atomic mass is 35.5. The molecule has 1 aromatic heterocycles. The zero-order chi connectivity index (χ0) is 11.5. The molecule has 0 amide bonds. The molecular formula is C12H20ClN3. The maximum atomic E-state index is 5.88. The number of alkyl halides is 1. The molecule has 2 heterocycles. The lowest BCUT2D eigenvalue weighted by Crippen LogP contribution is -2.21. The molecule has 1 fully saturated rings. The van der Waals surface area contributed by atoms with E-state index in [0.717, 1.165) is 25.5 Å².